The standard InChI is InChI=1S/C19H19F3N2OS/c20-19(21,22)15-3-1-12(2-4-15)14-9-17(26-11-14)18(25)23-16-10-24-7-5-13(16)6-8-24/h1-4,9,11,13,16H,5-8,10H2,(H,23,25). The van der Waals surface area contributed by atoms with Crippen molar-refractivity contribution >= 4 is 17.2 Å². The van der Waals surface area contributed by atoms with Gasteiger partial charge in [0.15, 0.2) is 0 Å². The van der Waals surface area contributed by atoms with Crippen LogP contribution >= 0.6 is 11.3 Å². The molecular weight excluding hydrogens is 361 g/mol. The number of amides is 1. The summed E-state index contributed by atoms with van der Waals surface area (Å²) in [5, 5.41) is 4.95. The van der Waals surface area contributed by atoms with Gasteiger partial charge in [0.05, 0.1) is 10.4 Å². The number of alkyl halides is 3. The van der Waals surface area contributed by atoms with Crippen molar-refractivity contribution in [2.45, 2.75) is 25.1 Å². The average molecular weight is 380 g/mol. The molecule has 1 aromatic carbocycles. The van der Waals surface area contributed by atoms with Crippen LogP contribution in [0, 0.1) is 5.92 Å². The molecule has 3 fully saturated rings. The first kappa shape index (κ1) is 17.5. The molecule has 3 saturated heterocycles. The Kier molecular flexibility index (Phi) is 4.52. The number of fused-ring (bicyclic) bond motifs is 3. The zero-order chi connectivity index (χ0) is 18.3. The SMILES string of the molecule is O=C(NC1CN2CCC1CC2)c1cc(-c2ccc(C(F)(F)F)cc2)cs1. The molecule has 0 spiro atoms. The second kappa shape index (κ2) is 6.70. The minimum Gasteiger partial charge on any atom is -0.347 e. The van der Waals surface area contributed by atoms with Crippen LogP contribution in [0.1, 0.15) is 28.1 Å². The second-order valence-corrected chi connectivity index (χ2v) is 7.90. The summed E-state index contributed by atoms with van der Waals surface area (Å²) in [6.45, 7) is 3.15. The van der Waals surface area contributed by atoms with E-state index in [0.717, 1.165) is 50.2 Å². The normalized spacial score (nSPS) is 25.3. The van der Waals surface area contributed by atoms with Crippen molar-refractivity contribution < 1.29 is 18.0 Å². The van der Waals surface area contributed by atoms with E-state index < -0.39 is 11.7 Å². The molecule has 1 N–H and O–H groups in total. The molecule has 1 aromatic heterocycles. The molecule has 3 nitrogen and oxygen atoms in total. The first-order chi connectivity index (χ1) is 12.4. The Morgan fingerprint density at radius 2 is 1.81 bits per heavy atom. The smallest absolute Gasteiger partial charge is 0.347 e. The Labute approximate surface area is 153 Å². The van der Waals surface area contributed by atoms with Gasteiger partial charge in [-0.1, -0.05) is 12.1 Å². The molecule has 26 heavy (non-hydrogen) atoms. The molecule has 0 aliphatic carbocycles. The molecular formula is C19H19F3N2OS. The van der Waals surface area contributed by atoms with Gasteiger partial charge in [0, 0.05) is 12.6 Å². The number of halogens is 3. The van der Waals surface area contributed by atoms with Crippen molar-refractivity contribution in [3.63, 3.8) is 0 Å². The van der Waals surface area contributed by atoms with Crippen LogP contribution in [0.2, 0.25) is 0 Å². The van der Waals surface area contributed by atoms with Crippen LogP contribution in [0.5, 0.6) is 0 Å². The summed E-state index contributed by atoms with van der Waals surface area (Å²) in [6.07, 6.45) is -2.08. The van der Waals surface area contributed by atoms with Crippen molar-refractivity contribution in [2.75, 3.05) is 19.6 Å². The van der Waals surface area contributed by atoms with Gasteiger partial charge in [-0.2, -0.15) is 13.2 Å². The predicted molar refractivity (Wildman–Crippen MR) is 95.2 cm³/mol. The Morgan fingerprint density at radius 1 is 1.12 bits per heavy atom. The van der Waals surface area contributed by atoms with Gasteiger partial charge in [0.2, 0.25) is 0 Å². The number of piperidine rings is 3. The molecule has 3 aliphatic heterocycles. The molecule has 1 amide bonds. The summed E-state index contributed by atoms with van der Waals surface area (Å²) in [5.41, 5.74) is 0.774. The van der Waals surface area contributed by atoms with Crippen LogP contribution in [0.25, 0.3) is 11.1 Å². The minimum absolute atomic E-state index is 0.0908. The molecule has 2 aromatic rings. The van der Waals surface area contributed by atoms with Crippen LogP contribution in [0.15, 0.2) is 35.7 Å². The Hall–Kier alpha value is -1.86. The molecule has 5 rings (SSSR count). The molecule has 1 atom stereocenters. The van der Waals surface area contributed by atoms with E-state index in [1.54, 1.807) is 6.07 Å². The number of hydrogen-bond donors (Lipinski definition) is 1. The number of rotatable bonds is 3. The lowest BCUT2D eigenvalue weighted by Gasteiger charge is -2.44. The van der Waals surface area contributed by atoms with E-state index >= 15 is 0 Å². The number of nitrogens with zero attached hydrogens (tertiary/aromatic N) is 1. The highest BCUT2D eigenvalue weighted by atomic mass is 32.1. The third-order valence-corrected chi connectivity index (χ3v) is 6.27. The fourth-order valence-electron chi connectivity index (χ4n) is 3.83. The highest BCUT2D eigenvalue weighted by Crippen LogP contribution is 2.32. The summed E-state index contributed by atoms with van der Waals surface area (Å²) >= 11 is 1.32. The predicted octanol–water partition coefficient (Wildman–Crippen LogP) is 4.26. The van der Waals surface area contributed by atoms with Crippen molar-refractivity contribution in [3.8, 4) is 11.1 Å². The van der Waals surface area contributed by atoms with E-state index in [2.05, 4.69) is 10.2 Å². The largest absolute Gasteiger partial charge is 0.416 e. The molecule has 0 saturated carbocycles. The highest BCUT2D eigenvalue weighted by Gasteiger charge is 2.35. The van der Waals surface area contributed by atoms with Crippen molar-refractivity contribution in [3.05, 3.63) is 46.2 Å². The third-order valence-electron chi connectivity index (χ3n) is 5.34. The quantitative estimate of drug-likeness (QED) is 0.863. The molecule has 7 heteroatoms. The molecule has 3 aliphatic rings. The third kappa shape index (κ3) is 3.50. The monoisotopic (exact) mass is 380 g/mol. The fraction of sp³-hybridized carbons (Fsp3) is 0.421. The molecule has 4 heterocycles. The summed E-state index contributed by atoms with van der Waals surface area (Å²) in [4.78, 5) is 15.5. The van der Waals surface area contributed by atoms with E-state index in [1.165, 1.54) is 23.5 Å². The van der Waals surface area contributed by atoms with Gasteiger partial charge in [-0.3, -0.25) is 4.79 Å². The average Bonchev–Trinajstić information content (AvgIpc) is 3.12. The van der Waals surface area contributed by atoms with E-state index in [0.29, 0.717) is 16.4 Å². The van der Waals surface area contributed by atoms with Gasteiger partial charge >= 0.3 is 6.18 Å². The lowest BCUT2D eigenvalue weighted by Crippen LogP contribution is -2.57. The van der Waals surface area contributed by atoms with E-state index in [-0.39, 0.29) is 11.9 Å². The summed E-state index contributed by atoms with van der Waals surface area (Å²) in [6, 6.07) is 6.98. The Morgan fingerprint density at radius 3 is 2.38 bits per heavy atom. The van der Waals surface area contributed by atoms with E-state index in [4.69, 9.17) is 0 Å². The summed E-state index contributed by atoms with van der Waals surface area (Å²) < 4.78 is 38.0. The lowest BCUT2D eigenvalue weighted by molar-refractivity contribution is -0.137. The highest BCUT2D eigenvalue weighted by molar-refractivity contribution is 7.12. The van der Waals surface area contributed by atoms with Crippen LogP contribution in [-0.2, 0) is 6.18 Å². The number of hydrogen-bond acceptors (Lipinski definition) is 3. The number of carbonyl (C=O) groups is 1. The number of carbonyl (C=O) groups excluding carboxylic acids is 1. The van der Waals surface area contributed by atoms with E-state index in [9.17, 15) is 18.0 Å². The van der Waals surface area contributed by atoms with Gasteiger partial charge in [0.1, 0.15) is 0 Å². The number of thiophene rings is 1. The Balaban J connectivity index is 1.45. The molecule has 138 valence electrons. The van der Waals surface area contributed by atoms with Crippen LogP contribution in [0.3, 0.4) is 0 Å². The first-order valence-corrected chi connectivity index (χ1v) is 9.57. The van der Waals surface area contributed by atoms with Gasteiger partial charge < -0.3 is 10.2 Å². The van der Waals surface area contributed by atoms with Crippen molar-refractivity contribution in [2.24, 2.45) is 5.92 Å². The lowest BCUT2D eigenvalue weighted by atomic mass is 9.84. The van der Waals surface area contributed by atoms with E-state index in [1.807, 2.05) is 5.38 Å². The van der Waals surface area contributed by atoms with Crippen LogP contribution in [0.4, 0.5) is 13.2 Å². The maximum absolute atomic E-state index is 12.7. The topological polar surface area (TPSA) is 32.3 Å². The van der Waals surface area contributed by atoms with Gasteiger partial charge in [-0.15, -0.1) is 11.3 Å². The molecule has 0 radical (unpaired) electrons. The summed E-state index contributed by atoms with van der Waals surface area (Å²) in [7, 11) is 0. The van der Waals surface area contributed by atoms with Crippen LogP contribution < -0.4 is 5.32 Å². The number of nitrogens with one attached hydrogen (secondary N) is 1. The zero-order valence-electron chi connectivity index (χ0n) is 14.1. The maximum Gasteiger partial charge on any atom is 0.416 e. The van der Waals surface area contributed by atoms with Gasteiger partial charge in [-0.05, 0) is 66.6 Å². The maximum atomic E-state index is 12.7. The first-order valence-electron chi connectivity index (χ1n) is 8.69. The molecule has 1 unspecified atom stereocenters. The van der Waals surface area contributed by atoms with Gasteiger partial charge in [0.25, 0.3) is 5.91 Å². The van der Waals surface area contributed by atoms with Gasteiger partial charge in [-0.25, -0.2) is 0 Å². The Bertz CT molecular complexity index is 792. The van der Waals surface area contributed by atoms with Crippen molar-refractivity contribution in [1.29, 1.82) is 0 Å². The number of benzene rings is 1. The van der Waals surface area contributed by atoms with Crippen LogP contribution in [-0.4, -0.2) is 36.5 Å². The molecule has 2 bridgehead atoms. The fourth-order valence-corrected chi connectivity index (χ4v) is 4.65. The van der Waals surface area contributed by atoms with Crippen molar-refractivity contribution in [1.82, 2.24) is 10.2 Å². The minimum atomic E-state index is -4.34. The zero-order valence-corrected chi connectivity index (χ0v) is 14.9. The summed E-state index contributed by atoms with van der Waals surface area (Å²) in [5.74, 6) is 0.463. The second-order valence-electron chi connectivity index (χ2n) is 6.99.